The molecular weight excluding hydrogens is 447 g/mol. The first-order chi connectivity index (χ1) is 17.0. The Morgan fingerprint density at radius 2 is 1.17 bits per heavy atom. The van der Waals surface area contributed by atoms with Gasteiger partial charge in [-0.3, -0.25) is 0 Å². The lowest BCUT2D eigenvalue weighted by Gasteiger charge is -2.19. The number of hydrogen-bond acceptors (Lipinski definition) is 2. The number of ether oxygens (including phenoxy) is 2. The smallest absolute Gasteiger partial charge is 0.157 e. The molecule has 1 aromatic carbocycles. The van der Waals surface area contributed by atoms with Crippen molar-refractivity contribution in [1.82, 2.24) is 0 Å². The van der Waals surface area contributed by atoms with E-state index in [4.69, 9.17) is 9.47 Å². The first-order valence-corrected chi connectivity index (χ1v) is 17.9. The van der Waals surface area contributed by atoms with Gasteiger partial charge in [-0.05, 0) is 56.2 Å². The van der Waals surface area contributed by atoms with Gasteiger partial charge in [0.25, 0.3) is 0 Å². The van der Waals surface area contributed by atoms with Crippen molar-refractivity contribution in [2.24, 2.45) is 0 Å². The molecule has 1 rings (SSSR count). The molecule has 0 unspecified atom stereocenters. The van der Waals surface area contributed by atoms with Crippen molar-refractivity contribution in [3.8, 4) is 0 Å². The normalized spacial score (nSPS) is 12.3. The number of rotatable bonds is 23. The van der Waals surface area contributed by atoms with Crippen molar-refractivity contribution in [2.45, 2.75) is 123 Å². The highest BCUT2D eigenvalue weighted by Gasteiger charge is 2.20. The lowest BCUT2D eigenvalue weighted by molar-refractivity contribution is -0.148. The van der Waals surface area contributed by atoms with Gasteiger partial charge in [0.2, 0.25) is 0 Å². The molecule has 0 bridgehead atoms. The van der Waals surface area contributed by atoms with Crippen LogP contribution in [-0.2, 0) is 9.47 Å². The SMILES string of the molecule is CCCCCCOC(CCCCCCCCC=Cc1ccc([P+](C)(C)C)cc1)OCCCCCC. The molecule has 0 heterocycles. The van der Waals surface area contributed by atoms with Crippen LogP contribution in [0, 0.1) is 0 Å². The molecule has 0 radical (unpaired) electrons. The molecule has 1 aromatic rings. The van der Waals surface area contributed by atoms with Crippen LogP contribution in [0.15, 0.2) is 30.3 Å². The summed E-state index contributed by atoms with van der Waals surface area (Å²) in [6, 6.07) is 9.17. The summed E-state index contributed by atoms with van der Waals surface area (Å²) in [7, 11) is -0.903. The van der Waals surface area contributed by atoms with Gasteiger partial charge in [-0.25, -0.2) is 0 Å². The third-order valence-corrected chi connectivity index (χ3v) is 8.49. The maximum absolute atomic E-state index is 6.10. The van der Waals surface area contributed by atoms with E-state index in [1.807, 2.05) is 0 Å². The largest absolute Gasteiger partial charge is 0.353 e. The van der Waals surface area contributed by atoms with Crippen LogP contribution >= 0.6 is 7.26 Å². The van der Waals surface area contributed by atoms with Crippen molar-refractivity contribution in [3.05, 3.63) is 35.9 Å². The summed E-state index contributed by atoms with van der Waals surface area (Å²) in [6.07, 6.45) is 24.8. The van der Waals surface area contributed by atoms with Crippen molar-refractivity contribution < 1.29 is 9.47 Å². The Kier molecular flexibility index (Phi) is 19.8. The Bertz CT molecular complexity index is 603. The van der Waals surface area contributed by atoms with Gasteiger partial charge >= 0.3 is 0 Å². The average Bonchev–Trinajstić information content (AvgIpc) is 2.84. The summed E-state index contributed by atoms with van der Waals surface area (Å²) >= 11 is 0. The Hall–Kier alpha value is -0.690. The van der Waals surface area contributed by atoms with Gasteiger partial charge in [-0.15, -0.1) is 0 Å². The van der Waals surface area contributed by atoms with E-state index in [-0.39, 0.29) is 6.29 Å². The third kappa shape index (κ3) is 18.2. The Balaban J connectivity index is 2.11. The molecule has 0 saturated heterocycles. The molecule has 0 saturated carbocycles. The number of unbranched alkanes of at least 4 members (excludes halogenated alkanes) is 12. The first kappa shape index (κ1) is 32.3. The van der Waals surface area contributed by atoms with Gasteiger partial charge in [-0.2, -0.15) is 0 Å². The maximum Gasteiger partial charge on any atom is 0.157 e. The fraction of sp³-hybridized carbons (Fsp3) is 0.750. The summed E-state index contributed by atoms with van der Waals surface area (Å²) in [6.45, 7) is 13.4. The minimum Gasteiger partial charge on any atom is -0.353 e. The van der Waals surface area contributed by atoms with E-state index in [1.54, 1.807) is 0 Å². The van der Waals surface area contributed by atoms with Crippen LogP contribution in [-0.4, -0.2) is 39.5 Å². The third-order valence-electron chi connectivity index (χ3n) is 6.64. The van der Waals surface area contributed by atoms with Crippen LogP contribution in [0.1, 0.15) is 122 Å². The molecule has 2 nitrogen and oxygen atoms in total. The summed E-state index contributed by atoms with van der Waals surface area (Å²) in [4.78, 5) is 0. The molecule has 0 atom stereocenters. The van der Waals surface area contributed by atoms with E-state index in [1.165, 1.54) is 107 Å². The van der Waals surface area contributed by atoms with Gasteiger partial charge in [0, 0.05) is 20.5 Å². The fourth-order valence-corrected chi connectivity index (χ4v) is 5.28. The zero-order chi connectivity index (χ0) is 25.6. The number of benzene rings is 1. The van der Waals surface area contributed by atoms with Gasteiger partial charge in [0.05, 0.1) is 25.3 Å². The topological polar surface area (TPSA) is 18.5 Å². The first-order valence-electron chi connectivity index (χ1n) is 14.8. The van der Waals surface area contributed by atoms with Gasteiger partial charge < -0.3 is 9.47 Å². The van der Waals surface area contributed by atoms with Gasteiger partial charge in [0.1, 0.15) is 0 Å². The summed E-state index contributed by atoms with van der Waals surface area (Å²) in [5, 5.41) is 1.51. The quantitative estimate of drug-likeness (QED) is 0.0837. The summed E-state index contributed by atoms with van der Waals surface area (Å²) in [5.41, 5.74) is 1.33. The molecule has 0 aliphatic heterocycles. The second-order valence-corrected chi connectivity index (χ2v) is 15.5. The Labute approximate surface area is 220 Å². The summed E-state index contributed by atoms with van der Waals surface area (Å²) in [5.74, 6) is 0. The molecule has 0 amide bonds. The zero-order valence-corrected chi connectivity index (χ0v) is 24.9. The van der Waals surface area contributed by atoms with E-state index in [0.717, 1.165) is 19.6 Å². The van der Waals surface area contributed by atoms with E-state index >= 15 is 0 Å². The predicted octanol–water partition coefficient (Wildman–Crippen LogP) is 9.87. The molecule has 0 fully saturated rings. The fourth-order valence-electron chi connectivity index (χ4n) is 4.23. The van der Waals surface area contributed by atoms with E-state index in [0.29, 0.717) is 0 Å². The van der Waals surface area contributed by atoms with Crippen molar-refractivity contribution >= 4 is 18.6 Å². The molecule has 202 valence electrons. The molecule has 35 heavy (non-hydrogen) atoms. The van der Waals surface area contributed by atoms with Crippen molar-refractivity contribution in [3.63, 3.8) is 0 Å². The average molecular weight is 506 g/mol. The molecule has 0 aromatic heterocycles. The van der Waals surface area contributed by atoms with Crippen LogP contribution in [0.5, 0.6) is 0 Å². The van der Waals surface area contributed by atoms with Crippen LogP contribution in [0.2, 0.25) is 0 Å². The van der Waals surface area contributed by atoms with Crippen LogP contribution in [0.4, 0.5) is 0 Å². The summed E-state index contributed by atoms with van der Waals surface area (Å²) < 4.78 is 12.2. The predicted molar refractivity (Wildman–Crippen MR) is 161 cm³/mol. The van der Waals surface area contributed by atoms with E-state index in [2.05, 4.69) is 70.3 Å². The maximum atomic E-state index is 6.10. The van der Waals surface area contributed by atoms with Crippen LogP contribution in [0.3, 0.4) is 0 Å². The highest BCUT2D eigenvalue weighted by atomic mass is 31.2. The minimum absolute atomic E-state index is 0.0164. The Morgan fingerprint density at radius 3 is 1.71 bits per heavy atom. The Morgan fingerprint density at radius 1 is 0.657 bits per heavy atom. The second-order valence-electron chi connectivity index (χ2n) is 11.0. The number of allylic oxidation sites excluding steroid dienone is 1. The minimum atomic E-state index is -0.903. The highest BCUT2D eigenvalue weighted by Crippen LogP contribution is 2.44. The lowest BCUT2D eigenvalue weighted by Crippen LogP contribution is -2.19. The van der Waals surface area contributed by atoms with Crippen molar-refractivity contribution in [1.29, 1.82) is 0 Å². The molecule has 0 aliphatic rings. The van der Waals surface area contributed by atoms with E-state index in [9.17, 15) is 0 Å². The standard InChI is InChI=1S/C32H58O2P/c1-6-8-10-20-28-33-32(34-29-21-11-9-7-2)23-19-17-15-13-12-14-16-18-22-30-24-26-31(27-25-30)35(3,4)5/h18,22,24-27,32H,6-17,19-21,23,28-29H2,1-5H3/q+1. The molecule has 0 aliphatic carbocycles. The van der Waals surface area contributed by atoms with Gasteiger partial charge in [-0.1, -0.05) is 102 Å². The molecule has 0 spiro atoms. The molecule has 0 N–H and O–H groups in total. The van der Waals surface area contributed by atoms with Crippen LogP contribution in [0.25, 0.3) is 6.08 Å². The number of hydrogen-bond donors (Lipinski definition) is 0. The van der Waals surface area contributed by atoms with Gasteiger partial charge in [0.15, 0.2) is 6.29 Å². The molecule has 3 heteroatoms. The molecular formula is C32H58O2P+. The van der Waals surface area contributed by atoms with Crippen LogP contribution < -0.4 is 5.30 Å². The van der Waals surface area contributed by atoms with E-state index < -0.39 is 7.26 Å². The lowest BCUT2D eigenvalue weighted by atomic mass is 10.1. The highest BCUT2D eigenvalue weighted by molar-refractivity contribution is 7.80. The monoisotopic (exact) mass is 505 g/mol. The van der Waals surface area contributed by atoms with Crippen molar-refractivity contribution in [2.75, 3.05) is 33.2 Å². The zero-order valence-electron chi connectivity index (χ0n) is 24.0. The second kappa shape index (κ2) is 21.4.